The van der Waals surface area contributed by atoms with Crippen LogP contribution in [0.5, 0.6) is 0 Å². The molecule has 9 heavy (non-hydrogen) atoms. The van der Waals surface area contributed by atoms with Gasteiger partial charge in [-0.15, -0.1) is 18.3 Å². The summed E-state index contributed by atoms with van der Waals surface area (Å²) in [6.07, 6.45) is 3.44. The fourth-order valence-electron chi connectivity index (χ4n) is 0.907. The first-order valence-corrected chi connectivity index (χ1v) is 4.14. The average Bonchev–Trinajstić information content (AvgIpc) is 2.18. The van der Waals surface area contributed by atoms with Crippen LogP contribution in [0.25, 0.3) is 0 Å². The van der Waals surface area contributed by atoms with Crippen molar-refractivity contribution in [3.8, 4) is 0 Å². The molecule has 1 saturated heterocycles. The molecule has 0 N–H and O–H groups in total. The van der Waals surface area contributed by atoms with Crippen LogP contribution in [0.4, 0.5) is 0 Å². The summed E-state index contributed by atoms with van der Waals surface area (Å²) in [5.74, 6) is 1.41. The summed E-state index contributed by atoms with van der Waals surface area (Å²) in [6, 6.07) is 0. The molecule has 50 valence electrons. The van der Waals surface area contributed by atoms with E-state index in [1.165, 1.54) is 0 Å². The molecule has 0 aromatic heterocycles. The Kier molecular flexibility index (Phi) is 2.34. The molecule has 0 aromatic carbocycles. The fraction of sp³-hybridized carbons (Fsp3) is 0.571. The summed E-state index contributed by atoms with van der Waals surface area (Å²) in [6.45, 7) is 3.59. The lowest BCUT2D eigenvalue weighted by Crippen LogP contribution is -2.07. The van der Waals surface area contributed by atoms with E-state index in [1.54, 1.807) is 11.8 Å². The Morgan fingerprint density at radius 3 is 3.11 bits per heavy atom. The summed E-state index contributed by atoms with van der Waals surface area (Å²) in [5.41, 5.74) is 0. The highest BCUT2D eigenvalue weighted by Crippen LogP contribution is 2.25. The van der Waals surface area contributed by atoms with Gasteiger partial charge in [-0.2, -0.15) is 0 Å². The Morgan fingerprint density at radius 2 is 2.67 bits per heavy atom. The Hall–Kier alpha value is -0.240. The molecule has 0 amide bonds. The zero-order chi connectivity index (χ0) is 6.69. The second kappa shape index (κ2) is 3.06. The molecular weight excluding hydrogens is 132 g/mol. The van der Waals surface area contributed by atoms with Gasteiger partial charge in [-0.25, -0.2) is 0 Å². The molecule has 0 saturated carbocycles. The molecule has 1 nitrogen and oxygen atoms in total. The van der Waals surface area contributed by atoms with Crippen molar-refractivity contribution in [2.24, 2.45) is 0 Å². The number of allylic oxidation sites excluding steroid dienone is 1. The Labute approximate surface area is 59.5 Å². The molecule has 1 rings (SSSR count). The van der Waals surface area contributed by atoms with Gasteiger partial charge in [-0.1, -0.05) is 6.08 Å². The quantitative estimate of drug-likeness (QED) is 0.545. The van der Waals surface area contributed by atoms with E-state index in [2.05, 4.69) is 6.58 Å². The SMILES string of the molecule is C=CCC1SCCC1=O. The number of carbonyl (C=O) groups excluding carboxylic acids is 1. The van der Waals surface area contributed by atoms with Gasteiger partial charge < -0.3 is 0 Å². The first kappa shape index (κ1) is 6.87. The summed E-state index contributed by atoms with van der Waals surface area (Å²) < 4.78 is 0. The molecule has 0 aliphatic carbocycles. The van der Waals surface area contributed by atoms with Gasteiger partial charge in [0.2, 0.25) is 0 Å². The molecule has 1 aliphatic heterocycles. The first-order chi connectivity index (χ1) is 4.34. The van der Waals surface area contributed by atoms with Crippen molar-refractivity contribution in [1.82, 2.24) is 0 Å². The number of carbonyl (C=O) groups is 1. The van der Waals surface area contributed by atoms with Crippen LogP contribution in [-0.4, -0.2) is 16.8 Å². The molecule has 0 spiro atoms. The maximum absolute atomic E-state index is 10.9. The molecule has 1 unspecified atom stereocenters. The van der Waals surface area contributed by atoms with E-state index in [-0.39, 0.29) is 5.25 Å². The van der Waals surface area contributed by atoms with E-state index in [0.717, 1.165) is 18.6 Å². The number of ketones is 1. The van der Waals surface area contributed by atoms with Crippen molar-refractivity contribution in [3.63, 3.8) is 0 Å². The number of hydrogen-bond donors (Lipinski definition) is 0. The van der Waals surface area contributed by atoms with Gasteiger partial charge in [-0.05, 0) is 6.42 Å². The van der Waals surface area contributed by atoms with E-state index in [4.69, 9.17) is 0 Å². The van der Waals surface area contributed by atoms with Crippen LogP contribution in [0.1, 0.15) is 12.8 Å². The zero-order valence-electron chi connectivity index (χ0n) is 5.30. The summed E-state index contributed by atoms with van der Waals surface area (Å²) in [7, 11) is 0. The van der Waals surface area contributed by atoms with Gasteiger partial charge in [-0.3, -0.25) is 4.79 Å². The summed E-state index contributed by atoms with van der Waals surface area (Å²) >= 11 is 1.75. The second-order valence-electron chi connectivity index (χ2n) is 2.10. The van der Waals surface area contributed by atoms with Crippen molar-refractivity contribution in [3.05, 3.63) is 12.7 Å². The molecule has 0 aromatic rings. The van der Waals surface area contributed by atoms with Crippen LogP contribution in [0.15, 0.2) is 12.7 Å². The van der Waals surface area contributed by atoms with Crippen LogP contribution < -0.4 is 0 Å². The Balaban J connectivity index is 2.39. The minimum atomic E-state index is 0.238. The number of rotatable bonds is 2. The largest absolute Gasteiger partial charge is 0.298 e. The van der Waals surface area contributed by atoms with Gasteiger partial charge in [0, 0.05) is 12.2 Å². The third-order valence-electron chi connectivity index (χ3n) is 1.41. The van der Waals surface area contributed by atoms with Gasteiger partial charge in [0.15, 0.2) is 0 Å². The predicted molar refractivity (Wildman–Crippen MR) is 40.7 cm³/mol. The maximum Gasteiger partial charge on any atom is 0.146 e. The normalized spacial score (nSPS) is 26.7. The van der Waals surface area contributed by atoms with Crippen LogP contribution in [0.3, 0.4) is 0 Å². The van der Waals surface area contributed by atoms with Gasteiger partial charge in [0.25, 0.3) is 0 Å². The maximum atomic E-state index is 10.9. The Morgan fingerprint density at radius 1 is 1.89 bits per heavy atom. The lowest BCUT2D eigenvalue weighted by Gasteiger charge is -1.99. The number of Topliss-reactive ketones (excluding diaryl/α,β-unsaturated/α-hetero) is 1. The molecule has 1 atom stereocenters. The van der Waals surface area contributed by atoms with Crippen LogP contribution >= 0.6 is 11.8 Å². The third-order valence-corrected chi connectivity index (χ3v) is 2.70. The Bertz CT molecular complexity index is 131. The zero-order valence-corrected chi connectivity index (χ0v) is 6.12. The molecular formula is C7H10OS. The highest BCUT2D eigenvalue weighted by molar-refractivity contribution is 8.01. The monoisotopic (exact) mass is 142 g/mol. The minimum Gasteiger partial charge on any atom is -0.298 e. The molecule has 1 fully saturated rings. The van der Waals surface area contributed by atoms with Gasteiger partial charge in [0.05, 0.1) is 5.25 Å². The smallest absolute Gasteiger partial charge is 0.146 e. The third kappa shape index (κ3) is 1.58. The first-order valence-electron chi connectivity index (χ1n) is 3.10. The molecule has 2 heteroatoms. The summed E-state index contributed by atoms with van der Waals surface area (Å²) in [4.78, 5) is 10.9. The van der Waals surface area contributed by atoms with E-state index in [0.29, 0.717) is 5.78 Å². The van der Waals surface area contributed by atoms with Crippen LogP contribution in [0, 0.1) is 0 Å². The van der Waals surface area contributed by atoms with E-state index in [1.807, 2.05) is 6.08 Å². The molecule has 1 aliphatic rings. The molecule has 1 heterocycles. The van der Waals surface area contributed by atoms with Crippen LogP contribution in [-0.2, 0) is 4.79 Å². The lowest BCUT2D eigenvalue weighted by molar-refractivity contribution is -0.117. The van der Waals surface area contributed by atoms with E-state index in [9.17, 15) is 4.79 Å². The van der Waals surface area contributed by atoms with Gasteiger partial charge in [0.1, 0.15) is 5.78 Å². The highest BCUT2D eigenvalue weighted by Gasteiger charge is 2.22. The average molecular weight is 142 g/mol. The topological polar surface area (TPSA) is 17.1 Å². The fourth-order valence-corrected chi connectivity index (χ4v) is 2.09. The van der Waals surface area contributed by atoms with Crippen molar-refractivity contribution in [1.29, 1.82) is 0 Å². The van der Waals surface area contributed by atoms with Crippen molar-refractivity contribution in [2.75, 3.05) is 5.75 Å². The predicted octanol–water partition coefficient (Wildman–Crippen LogP) is 1.64. The molecule has 0 bridgehead atoms. The van der Waals surface area contributed by atoms with Gasteiger partial charge >= 0.3 is 0 Å². The minimum absolute atomic E-state index is 0.238. The van der Waals surface area contributed by atoms with Crippen LogP contribution in [0.2, 0.25) is 0 Å². The standard InChI is InChI=1S/C7H10OS/c1-2-3-7-6(8)4-5-9-7/h2,7H,1,3-5H2. The van der Waals surface area contributed by atoms with E-state index >= 15 is 0 Å². The lowest BCUT2D eigenvalue weighted by atomic mass is 10.2. The number of hydrogen-bond acceptors (Lipinski definition) is 2. The molecule has 0 radical (unpaired) electrons. The number of thioether (sulfide) groups is 1. The van der Waals surface area contributed by atoms with Crippen molar-refractivity contribution in [2.45, 2.75) is 18.1 Å². The van der Waals surface area contributed by atoms with E-state index < -0.39 is 0 Å². The van der Waals surface area contributed by atoms with Crippen molar-refractivity contribution < 1.29 is 4.79 Å². The summed E-state index contributed by atoms with van der Waals surface area (Å²) in [5, 5.41) is 0.238. The van der Waals surface area contributed by atoms with Crippen molar-refractivity contribution >= 4 is 17.5 Å². The highest BCUT2D eigenvalue weighted by atomic mass is 32.2. The second-order valence-corrected chi connectivity index (χ2v) is 3.41.